The van der Waals surface area contributed by atoms with E-state index in [1.54, 1.807) is 48.5 Å². The average molecular weight is 691 g/mol. The van der Waals surface area contributed by atoms with Crippen molar-refractivity contribution in [1.29, 1.82) is 0 Å². The second-order valence-electron chi connectivity index (χ2n) is 8.71. The molecule has 4 nitrogen and oxygen atoms in total. The summed E-state index contributed by atoms with van der Waals surface area (Å²) in [5.74, 6) is 0.731. The van der Waals surface area contributed by atoms with Crippen molar-refractivity contribution < 1.29 is 20.4 Å². The summed E-state index contributed by atoms with van der Waals surface area (Å²) < 4.78 is 0. The smallest absolute Gasteiger partial charge is 0.143 e. The van der Waals surface area contributed by atoms with Crippen LogP contribution in [-0.4, -0.2) is 20.4 Å². The Morgan fingerprint density at radius 3 is 0.625 bits per heavy atom. The van der Waals surface area contributed by atoms with Gasteiger partial charge in [0.2, 0.25) is 0 Å². The van der Waals surface area contributed by atoms with Crippen molar-refractivity contribution in [1.82, 2.24) is 0 Å². The number of hydrogen-bond donors (Lipinski definition) is 4. The zero-order valence-corrected chi connectivity index (χ0v) is 26.7. The van der Waals surface area contributed by atoms with Crippen molar-refractivity contribution in [2.75, 3.05) is 0 Å². The van der Waals surface area contributed by atoms with Crippen LogP contribution in [0, 0.1) is 0 Å². The van der Waals surface area contributed by atoms with E-state index in [-0.39, 0.29) is 46.5 Å². The molecule has 5 rings (SSSR count). The molecule has 0 saturated heterocycles. The molecule has 0 atom stereocenters. The van der Waals surface area contributed by atoms with Gasteiger partial charge in [0.25, 0.3) is 0 Å². The molecular weight excluding hydrogens is 670 g/mol. The fraction of sp³-hybridized carbons (Fsp3) is 0.143. The minimum Gasteiger partial charge on any atom is -0.506 e. The molecule has 0 fully saturated rings. The monoisotopic (exact) mass is 688 g/mol. The van der Waals surface area contributed by atoms with Gasteiger partial charge in [-0.2, -0.15) is 0 Å². The molecule has 0 aliphatic carbocycles. The van der Waals surface area contributed by atoms with Gasteiger partial charge >= 0.3 is 0 Å². The second kappa shape index (κ2) is 12.9. The molecule has 4 aromatic carbocycles. The van der Waals surface area contributed by atoms with Crippen LogP contribution in [-0.2, 0) is 23.5 Å². The Kier molecular flexibility index (Phi) is 9.69. The Bertz CT molecular complexity index is 1290. The first-order valence-corrected chi connectivity index (χ1v) is 17.0. The van der Waals surface area contributed by atoms with E-state index in [2.05, 4.69) is 0 Å². The van der Waals surface area contributed by atoms with E-state index in [0.717, 1.165) is 22.3 Å². The van der Waals surface area contributed by atoms with E-state index < -0.39 is 0 Å². The molecule has 208 valence electrons. The summed E-state index contributed by atoms with van der Waals surface area (Å²) in [4.78, 5) is 3.80. The zero-order valence-electron chi connectivity index (χ0n) is 20.4. The minimum absolute atomic E-state index is 0.0136. The highest BCUT2D eigenvalue weighted by Crippen LogP contribution is 2.53. The first kappa shape index (κ1) is 30.1. The van der Waals surface area contributed by atoms with E-state index in [0.29, 0.717) is 39.2 Å². The van der Waals surface area contributed by atoms with Crippen LogP contribution in [0.15, 0.2) is 87.7 Å². The third kappa shape index (κ3) is 6.20. The van der Waals surface area contributed by atoms with Crippen LogP contribution >= 0.6 is 93.5 Å². The van der Waals surface area contributed by atoms with Gasteiger partial charge in [0.1, 0.15) is 23.0 Å². The van der Waals surface area contributed by atoms with Gasteiger partial charge < -0.3 is 20.4 Å². The van der Waals surface area contributed by atoms with Crippen molar-refractivity contribution in [3.05, 3.63) is 70.8 Å². The van der Waals surface area contributed by atoms with Crippen molar-refractivity contribution >= 4 is 93.5 Å². The molecule has 0 aromatic heterocycles. The van der Waals surface area contributed by atoms with E-state index >= 15 is 0 Å². The lowest BCUT2D eigenvalue weighted by Crippen LogP contribution is -1.91. The van der Waals surface area contributed by atoms with Crippen LogP contribution in [0.1, 0.15) is 22.3 Å². The topological polar surface area (TPSA) is 80.9 Å². The van der Waals surface area contributed by atoms with Gasteiger partial charge in [-0.25, -0.2) is 0 Å². The van der Waals surface area contributed by atoms with Crippen molar-refractivity contribution in [3.63, 3.8) is 0 Å². The average Bonchev–Trinajstić information content (AvgIpc) is 2.95. The number of aromatic hydroxyl groups is 4. The molecule has 12 heteroatoms. The third-order valence-corrected chi connectivity index (χ3v) is 11.4. The zero-order chi connectivity index (χ0) is 28.6. The van der Waals surface area contributed by atoms with Gasteiger partial charge in [0.05, 0.1) is 39.2 Å². The Morgan fingerprint density at radius 1 is 0.350 bits per heavy atom. The maximum Gasteiger partial charge on any atom is 0.143 e. The van der Waals surface area contributed by atoms with Crippen molar-refractivity contribution in [3.8, 4) is 23.0 Å². The molecule has 0 amide bonds. The number of fused-ring (bicyclic) bond motifs is 8. The Balaban J connectivity index is 1.80. The Hall–Kier alpha value is -1.36. The number of phenolic OH excluding ortho intramolecular Hbond substituents is 4. The van der Waals surface area contributed by atoms with E-state index in [4.69, 9.17) is 46.4 Å². The molecule has 8 bridgehead atoms. The summed E-state index contributed by atoms with van der Waals surface area (Å²) in [6.07, 6.45) is 0. The molecule has 4 N–H and O–H groups in total. The maximum absolute atomic E-state index is 11.3. The van der Waals surface area contributed by atoms with Gasteiger partial charge in [-0.1, -0.05) is 47.0 Å². The van der Waals surface area contributed by atoms with Crippen LogP contribution in [0.5, 0.6) is 23.0 Å². The molecule has 0 unspecified atom stereocenters. The van der Waals surface area contributed by atoms with Gasteiger partial charge in [-0.3, -0.25) is 0 Å². The van der Waals surface area contributed by atoms with Crippen LogP contribution in [0.25, 0.3) is 0 Å². The first-order valence-electron chi connectivity index (χ1n) is 11.6. The molecule has 4 aromatic rings. The second-order valence-corrected chi connectivity index (χ2v) is 14.1. The van der Waals surface area contributed by atoms with Crippen LogP contribution in [0.2, 0.25) is 0 Å². The lowest BCUT2D eigenvalue weighted by molar-refractivity contribution is 0.443. The summed E-state index contributed by atoms with van der Waals surface area (Å²) in [5, 5.41) is 45.3. The standard InChI is InChI=1S/C28H20Cl4O4S4/c29-9-13-1-17-25(33)18(2-13)38-21-5-15(11-31)6-22(27(21)35)40-24-8-16(12-32)7-23(28(24)36)39-20-4-14(10-30)3-19(37-17)26(20)34/h1-8,33-36H,9-12H2. The van der Waals surface area contributed by atoms with Gasteiger partial charge in [-0.15, -0.1) is 46.4 Å². The summed E-state index contributed by atoms with van der Waals surface area (Å²) in [7, 11) is 0. The maximum atomic E-state index is 11.3. The molecule has 1 aliphatic rings. The molecule has 1 heterocycles. The van der Waals surface area contributed by atoms with E-state index in [1.165, 1.54) is 47.0 Å². The van der Waals surface area contributed by atoms with Crippen LogP contribution < -0.4 is 0 Å². The largest absolute Gasteiger partial charge is 0.506 e. The fourth-order valence-electron chi connectivity index (χ4n) is 3.95. The number of rotatable bonds is 4. The third-order valence-electron chi connectivity index (χ3n) is 5.90. The van der Waals surface area contributed by atoms with E-state index in [1.807, 2.05) is 0 Å². The van der Waals surface area contributed by atoms with Crippen LogP contribution in [0.4, 0.5) is 0 Å². The van der Waals surface area contributed by atoms with Gasteiger partial charge in [0.15, 0.2) is 0 Å². The lowest BCUT2D eigenvalue weighted by atomic mass is 10.2. The summed E-state index contributed by atoms with van der Waals surface area (Å²) in [6.45, 7) is 0. The highest BCUT2D eigenvalue weighted by molar-refractivity contribution is 8.01. The number of halogens is 4. The van der Waals surface area contributed by atoms with Crippen molar-refractivity contribution in [2.45, 2.75) is 62.7 Å². The molecule has 40 heavy (non-hydrogen) atoms. The van der Waals surface area contributed by atoms with Crippen molar-refractivity contribution in [2.24, 2.45) is 0 Å². The van der Waals surface area contributed by atoms with E-state index in [9.17, 15) is 20.4 Å². The predicted octanol–water partition coefficient (Wildman–Crippen LogP) is 10.4. The highest BCUT2D eigenvalue weighted by atomic mass is 35.5. The van der Waals surface area contributed by atoms with Gasteiger partial charge in [-0.05, 0) is 70.8 Å². The molecule has 0 spiro atoms. The molecule has 0 saturated carbocycles. The van der Waals surface area contributed by atoms with Crippen LogP contribution in [0.3, 0.4) is 0 Å². The highest BCUT2D eigenvalue weighted by Gasteiger charge is 2.22. The summed E-state index contributed by atoms with van der Waals surface area (Å²) in [6, 6.07) is 14.1. The predicted molar refractivity (Wildman–Crippen MR) is 167 cm³/mol. The summed E-state index contributed by atoms with van der Waals surface area (Å²) in [5.41, 5.74) is 3.02. The molecule has 0 radical (unpaired) electrons. The Morgan fingerprint density at radius 2 is 0.500 bits per heavy atom. The summed E-state index contributed by atoms with van der Waals surface area (Å²) >= 11 is 29.5. The first-order chi connectivity index (χ1) is 19.2. The molecular formula is C28H20Cl4O4S4. The molecule has 1 aliphatic heterocycles. The lowest BCUT2D eigenvalue weighted by Gasteiger charge is -2.18. The quantitative estimate of drug-likeness (QED) is 0.139. The van der Waals surface area contributed by atoms with Gasteiger partial charge in [0, 0.05) is 23.5 Å². The number of benzene rings is 4. The minimum atomic E-state index is -0.0136. The fourth-order valence-corrected chi connectivity index (χ4v) is 9.11. The Labute approximate surface area is 268 Å². The normalized spacial score (nSPS) is 12.9. The number of hydrogen-bond acceptors (Lipinski definition) is 8. The number of phenols is 4. The number of alkyl halides is 4. The SMILES string of the molecule is Oc1c2cc(CCl)cc1Sc1cc(CCl)cc(c1O)Sc1cc(CCl)cc(c1O)Sc1cc(CCl)cc(c1O)S2.